The maximum Gasteiger partial charge on any atom is 0.303 e. The van der Waals surface area contributed by atoms with Crippen molar-refractivity contribution < 1.29 is 14.3 Å². The van der Waals surface area contributed by atoms with Crippen molar-refractivity contribution in [2.24, 2.45) is 0 Å². The molecule has 0 saturated heterocycles. The van der Waals surface area contributed by atoms with Crippen LogP contribution in [0.3, 0.4) is 0 Å². The topological polar surface area (TPSA) is 75.4 Å². The second kappa shape index (κ2) is 5.75. The highest BCUT2D eigenvalue weighted by atomic mass is 35.5. The molecular weight excluding hydrogens is 268 g/mol. The number of nitrogens with one attached hydrogen (secondary N) is 1. The first-order chi connectivity index (χ1) is 9.10. The van der Waals surface area contributed by atoms with Gasteiger partial charge in [-0.3, -0.25) is 4.79 Å². The SMILES string of the molecule is CNc1nc(-c2ccc(Cl)cc2)c(CCC(=O)O)o1. The molecular formula is C13H13ClN2O3. The molecule has 2 N–H and O–H groups in total. The number of benzene rings is 1. The minimum Gasteiger partial charge on any atom is -0.481 e. The maximum absolute atomic E-state index is 10.6. The Morgan fingerprint density at radius 1 is 1.42 bits per heavy atom. The summed E-state index contributed by atoms with van der Waals surface area (Å²) >= 11 is 5.84. The Kier molecular flexibility index (Phi) is 4.06. The summed E-state index contributed by atoms with van der Waals surface area (Å²) in [5.41, 5.74) is 1.48. The number of aryl methyl sites for hydroxylation is 1. The van der Waals surface area contributed by atoms with E-state index in [1.807, 2.05) is 12.1 Å². The predicted molar refractivity (Wildman–Crippen MR) is 72.5 cm³/mol. The van der Waals surface area contributed by atoms with Gasteiger partial charge in [-0.25, -0.2) is 0 Å². The van der Waals surface area contributed by atoms with Gasteiger partial charge in [0.2, 0.25) is 0 Å². The van der Waals surface area contributed by atoms with E-state index in [0.717, 1.165) is 5.56 Å². The van der Waals surface area contributed by atoms with E-state index in [9.17, 15) is 4.79 Å². The fourth-order valence-corrected chi connectivity index (χ4v) is 1.81. The molecule has 2 aromatic rings. The van der Waals surface area contributed by atoms with Crippen molar-refractivity contribution in [3.63, 3.8) is 0 Å². The number of oxazole rings is 1. The molecule has 0 aliphatic rings. The van der Waals surface area contributed by atoms with Crippen molar-refractivity contribution in [3.05, 3.63) is 35.0 Å². The van der Waals surface area contributed by atoms with E-state index in [1.54, 1.807) is 19.2 Å². The van der Waals surface area contributed by atoms with E-state index in [0.29, 0.717) is 28.9 Å². The third kappa shape index (κ3) is 3.26. The van der Waals surface area contributed by atoms with Crippen molar-refractivity contribution in [2.75, 3.05) is 12.4 Å². The number of aliphatic carboxylic acids is 1. The van der Waals surface area contributed by atoms with Crippen LogP contribution in [0.2, 0.25) is 5.02 Å². The van der Waals surface area contributed by atoms with Gasteiger partial charge in [0.25, 0.3) is 6.01 Å². The zero-order valence-corrected chi connectivity index (χ0v) is 11.1. The quantitative estimate of drug-likeness (QED) is 0.880. The third-order valence-electron chi connectivity index (χ3n) is 2.59. The third-order valence-corrected chi connectivity index (χ3v) is 2.85. The molecule has 0 radical (unpaired) electrons. The second-order valence-electron chi connectivity index (χ2n) is 3.94. The van der Waals surface area contributed by atoms with Crippen LogP contribution in [0, 0.1) is 0 Å². The molecule has 0 bridgehead atoms. The average molecular weight is 281 g/mol. The number of carbonyl (C=O) groups is 1. The largest absolute Gasteiger partial charge is 0.481 e. The highest BCUT2D eigenvalue weighted by Crippen LogP contribution is 2.28. The lowest BCUT2D eigenvalue weighted by atomic mass is 10.1. The minimum absolute atomic E-state index is 0.00105. The molecule has 0 saturated carbocycles. The van der Waals surface area contributed by atoms with E-state index in [2.05, 4.69) is 10.3 Å². The summed E-state index contributed by atoms with van der Waals surface area (Å²) in [5, 5.41) is 12.2. The molecule has 1 aromatic heterocycles. The normalized spacial score (nSPS) is 10.4. The first-order valence-electron chi connectivity index (χ1n) is 5.75. The van der Waals surface area contributed by atoms with E-state index in [-0.39, 0.29) is 6.42 Å². The van der Waals surface area contributed by atoms with Crippen LogP contribution in [0.25, 0.3) is 11.3 Å². The van der Waals surface area contributed by atoms with Crippen molar-refractivity contribution in [1.82, 2.24) is 4.98 Å². The number of carboxylic acid groups (broad SMARTS) is 1. The van der Waals surface area contributed by atoms with Crippen LogP contribution in [0.5, 0.6) is 0 Å². The Labute approximate surface area is 115 Å². The highest BCUT2D eigenvalue weighted by Gasteiger charge is 2.15. The standard InChI is InChI=1S/C13H13ClN2O3/c1-15-13-16-12(8-2-4-9(14)5-3-8)10(19-13)6-7-11(17)18/h2-5H,6-7H2,1H3,(H,15,16)(H,17,18). The fourth-order valence-electron chi connectivity index (χ4n) is 1.68. The van der Waals surface area contributed by atoms with Crippen molar-refractivity contribution in [1.29, 1.82) is 0 Å². The average Bonchev–Trinajstić information content (AvgIpc) is 2.80. The van der Waals surface area contributed by atoms with Gasteiger partial charge in [-0.05, 0) is 12.1 Å². The lowest BCUT2D eigenvalue weighted by Crippen LogP contribution is -1.97. The minimum atomic E-state index is -0.871. The van der Waals surface area contributed by atoms with Gasteiger partial charge in [-0.1, -0.05) is 23.7 Å². The monoisotopic (exact) mass is 280 g/mol. The van der Waals surface area contributed by atoms with E-state index in [4.69, 9.17) is 21.1 Å². The summed E-state index contributed by atoms with van der Waals surface area (Å²) in [5.74, 6) is -0.321. The molecule has 0 unspecified atom stereocenters. The molecule has 0 aliphatic heterocycles. The van der Waals surface area contributed by atoms with Crippen LogP contribution in [-0.2, 0) is 11.2 Å². The van der Waals surface area contributed by atoms with Gasteiger partial charge in [0.15, 0.2) is 0 Å². The highest BCUT2D eigenvalue weighted by molar-refractivity contribution is 6.30. The first-order valence-corrected chi connectivity index (χ1v) is 6.13. The second-order valence-corrected chi connectivity index (χ2v) is 4.38. The van der Waals surface area contributed by atoms with Gasteiger partial charge in [-0.15, -0.1) is 0 Å². The van der Waals surface area contributed by atoms with Crippen LogP contribution in [0.15, 0.2) is 28.7 Å². The molecule has 0 spiro atoms. The number of rotatable bonds is 5. The van der Waals surface area contributed by atoms with Crippen LogP contribution in [0.1, 0.15) is 12.2 Å². The Hall–Kier alpha value is -2.01. The molecule has 19 heavy (non-hydrogen) atoms. The van der Waals surface area contributed by atoms with Crippen LogP contribution in [-0.4, -0.2) is 23.1 Å². The van der Waals surface area contributed by atoms with Gasteiger partial charge >= 0.3 is 5.97 Å². The molecule has 2 rings (SSSR count). The van der Waals surface area contributed by atoms with E-state index >= 15 is 0 Å². The molecule has 6 heteroatoms. The Balaban J connectivity index is 2.34. The Morgan fingerprint density at radius 2 is 2.11 bits per heavy atom. The van der Waals surface area contributed by atoms with Crippen molar-refractivity contribution in [2.45, 2.75) is 12.8 Å². The van der Waals surface area contributed by atoms with Gasteiger partial charge in [-0.2, -0.15) is 4.98 Å². The Bertz CT molecular complexity index is 578. The Morgan fingerprint density at radius 3 is 2.68 bits per heavy atom. The summed E-state index contributed by atoms with van der Waals surface area (Å²) in [6.07, 6.45) is 0.293. The van der Waals surface area contributed by atoms with Gasteiger partial charge in [0.05, 0.1) is 6.42 Å². The number of halogens is 1. The smallest absolute Gasteiger partial charge is 0.303 e. The number of anilines is 1. The van der Waals surface area contributed by atoms with Gasteiger partial charge in [0.1, 0.15) is 11.5 Å². The molecule has 0 aliphatic carbocycles. The molecule has 5 nitrogen and oxygen atoms in total. The van der Waals surface area contributed by atoms with Crippen molar-refractivity contribution in [3.8, 4) is 11.3 Å². The van der Waals surface area contributed by atoms with Gasteiger partial charge < -0.3 is 14.8 Å². The zero-order chi connectivity index (χ0) is 13.8. The number of aromatic nitrogens is 1. The maximum atomic E-state index is 10.6. The number of hydrogen-bond acceptors (Lipinski definition) is 4. The summed E-state index contributed by atoms with van der Waals surface area (Å²) in [6.45, 7) is 0. The summed E-state index contributed by atoms with van der Waals surface area (Å²) in [6, 6.07) is 7.52. The number of hydrogen-bond donors (Lipinski definition) is 2. The summed E-state index contributed by atoms with van der Waals surface area (Å²) < 4.78 is 5.48. The van der Waals surface area contributed by atoms with Crippen LogP contribution < -0.4 is 5.32 Å². The lowest BCUT2D eigenvalue weighted by molar-refractivity contribution is -0.137. The molecule has 0 amide bonds. The van der Waals surface area contributed by atoms with Crippen LogP contribution >= 0.6 is 11.6 Å². The number of nitrogens with zero attached hydrogens (tertiary/aromatic N) is 1. The lowest BCUT2D eigenvalue weighted by Gasteiger charge is -2.00. The zero-order valence-electron chi connectivity index (χ0n) is 10.3. The molecule has 0 fully saturated rings. The predicted octanol–water partition coefficient (Wildman–Crippen LogP) is 3.05. The van der Waals surface area contributed by atoms with Gasteiger partial charge in [0, 0.05) is 24.1 Å². The summed E-state index contributed by atoms with van der Waals surface area (Å²) in [4.78, 5) is 14.9. The molecule has 100 valence electrons. The first kappa shape index (κ1) is 13.4. The van der Waals surface area contributed by atoms with E-state index in [1.165, 1.54) is 0 Å². The van der Waals surface area contributed by atoms with Crippen LogP contribution in [0.4, 0.5) is 6.01 Å². The van der Waals surface area contributed by atoms with E-state index < -0.39 is 5.97 Å². The number of carboxylic acids is 1. The summed E-state index contributed by atoms with van der Waals surface area (Å²) in [7, 11) is 1.69. The molecule has 1 heterocycles. The fraction of sp³-hybridized carbons (Fsp3) is 0.231. The molecule has 0 atom stereocenters. The van der Waals surface area contributed by atoms with Crippen molar-refractivity contribution >= 4 is 23.6 Å². The molecule has 1 aromatic carbocycles.